The Kier molecular flexibility index (Phi) is 3.81. The lowest BCUT2D eigenvalue weighted by molar-refractivity contribution is -0.386. The molecule has 2 rings (SSSR count). The highest BCUT2D eigenvalue weighted by Gasteiger charge is 2.24. The van der Waals surface area contributed by atoms with Crippen LogP contribution in [0.15, 0.2) is 18.2 Å². The standard InChI is InChI=1S/C13H18N2O3/c1-9-3-2-4-12(13(9)15(16)17)18-11-7-5-10(14)6-8-11/h2-4,10-11H,5-8,14H2,1H3. The quantitative estimate of drug-likeness (QED) is 0.660. The van der Waals surface area contributed by atoms with Gasteiger partial charge in [0.25, 0.3) is 0 Å². The maximum Gasteiger partial charge on any atom is 0.313 e. The van der Waals surface area contributed by atoms with Crippen LogP contribution in [0.2, 0.25) is 0 Å². The van der Waals surface area contributed by atoms with Crippen molar-refractivity contribution >= 4 is 5.69 Å². The molecule has 0 saturated heterocycles. The average molecular weight is 250 g/mol. The van der Waals surface area contributed by atoms with E-state index in [0.717, 1.165) is 25.7 Å². The molecule has 0 radical (unpaired) electrons. The molecule has 0 bridgehead atoms. The largest absolute Gasteiger partial charge is 0.483 e. The molecule has 5 nitrogen and oxygen atoms in total. The molecule has 1 aromatic carbocycles. The molecule has 1 aromatic rings. The van der Waals surface area contributed by atoms with Crippen LogP contribution in [0.25, 0.3) is 0 Å². The van der Waals surface area contributed by atoms with Crippen LogP contribution < -0.4 is 10.5 Å². The van der Waals surface area contributed by atoms with E-state index in [9.17, 15) is 10.1 Å². The van der Waals surface area contributed by atoms with Crippen LogP contribution in [0.1, 0.15) is 31.2 Å². The second-order valence-corrected chi connectivity index (χ2v) is 4.83. The fraction of sp³-hybridized carbons (Fsp3) is 0.538. The average Bonchev–Trinajstić information content (AvgIpc) is 2.32. The molecule has 0 spiro atoms. The molecule has 0 heterocycles. The van der Waals surface area contributed by atoms with Crippen molar-refractivity contribution < 1.29 is 9.66 Å². The summed E-state index contributed by atoms with van der Waals surface area (Å²) in [7, 11) is 0. The van der Waals surface area contributed by atoms with Gasteiger partial charge in [-0.15, -0.1) is 0 Å². The smallest absolute Gasteiger partial charge is 0.313 e. The number of ether oxygens (including phenoxy) is 1. The zero-order valence-electron chi connectivity index (χ0n) is 10.5. The minimum absolute atomic E-state index is 0.0466. The lowest BCUT2D eigenvalue weighted by Crippen LogP contribution is -2.31. The van der Waals surface area contributed by atoms with E-state index in [1.165, 1.54) is 0 Å². The fourth-order valence-electron chi connectivity index (χ4n) is 2.35. The van der Waals surface area contributed by atoms with Gasteiger partial charge in [-0.05, 0) is 38.7 Å². The van der Waals surface area contributed by atoms with Crippen LogP contribution >= 0.6 is 0 Å². The molecule has 0 atom stereocenters. The minimum atomic E-state index is -0.376. The van der Waals surface area contributed by atoms with Gasteiger partial charge in [-0.3, -0.25) is 10.1 Å². The van der Waals surface area contributed by atoms with Crippen molar-refractivity contribution in [2.24, 2.45) is 5.73 Å². The minimum Gasteiger partial charge on any atom is -0.483 e. The van der Waals surface area contributed by atoms with Crippen molar-refractivity contribution in [3.63, 3.8) is 0 Å². The van der Waals surface area contributed by atoms with Gasteiger partial charge in [0.05, 0.1) is 11.0 Å². The molecule has 1 aliphatic rings. The number of nitro groups is 1. The Balaban J connectivity index is 2.14. The highest BCUT2D eigenvalue weighted by molar-refractivity contribution is 5.52. The number of rotatable bonds is 3. The first-order valence-electron chi connectivity index (χ1n) is 6.24. The topological polar surface area (TPSA) is 78.4 Å². The number of aryl methyl sites for hydroxylation is 1. The van der Waals surface area contributed by atoms with Gasteiger partial charge in [-0.2, -0.15) is 0 Å². The van der Waals surface area contributed by atoms with Gasteiger partial charge < -0.3 is 10.5 Å². The summed E-state index contributed by atoms with van der Waals surface area (Å²) in [6.45, 7) is 1.72. The Bertz CT molecular complexity index is 440. The molecule has 1 fully saturated rings. The van der Waals surface area contributed by atoms with Crippen molar-refractivity contribution in [2.45, 2.75) is 44.8 Å². The predicted octanol–water partition coefficient (Wildman–Crippen LogP) is 2.55. The Hall–Kier alpha value is -1.62. The second-order valence-electron chi connectivity index (χ2n) is 4.83. The normalized spacial score (nSPS) is 23.7. The lowest BCUT2D eigenvalue weighted by Gasteiger charge is -2.26. The number of nitrogens with two attached hydrogens (primary N) is 1. The van der Waals surface area contributed by atoms with Gasteiger partial charge >= 0.3 is 5.69 Å². The first kappa shape index (κ1) is 12.8. The lowest BCUT2D eigenvalue weighted by atomic mass is 9.93. The van der Waals surface area contributed by atoms with Crippen molar-refractivity contribution in [1.29, 1.82) is 0 Å². The molecule has 0 aliphatic heterocycles. The summed E-state index contributed by atoms with van der Waals surface area (Å²) in [6, 6.07) is 5.42. The van der Waals surface area contributed by atoms with Gasteiger partial charge in [0.1, 0.15) is 0 Å². The summed E-state index contributed by atoms with van der Waals surface area (Å²) < 4.78 is 5.78. The highest BCUT2D eigenvalue weighted by Crippen LogP contribution is 2.33. The van der Waals surface area contributed by atoms with Gasteiger partial charge in [0, 0.05) is 11.6 Å². The van der Waals surface area contributed by atoms with E-state index in [1.807, 2.05) is 0 Å². The highest BCUT2D eigenvalue weighted by atomic mass is 16.6. The van der Waals surface area contributed by atoms with E-state index in [-0.39, 0.29) is 22.8 Å². The second kappa shape index (κ2) is 5.35. The number of hydrogen-bond donors (Lipinski definition) is 1. The molecular formula is C13H18N2O3. The molecular weight excluding hydrogens is 232 g/mol. The molecule has 2 N–H and O–H groups in total. The molecule has 18 heavy (non-hydrogen) atoms. The SMILES string of the molecule is Cc1cccc(OC2CCC(N)CC2)c1[N+](=O)[O-]. The fourth-order valence-corrected chi connectivity index (χ4v) is 2.35. The zero-order chi connectivity index (χ0) is 13.1. The van der Waals surface area contributed by atoms with Gasteiger partial charge in [-0.25, -0.2) is 0 Å². The third-order valence-corrected chi connectivity index (χ3v) is 3.40. The molecule has 0 aromatic heterocycles. The van der Waals surface area contributed by atoms with E-state index >= 15 is 0 Å². The molecule has 0 amide bonds. The maximum atomic E-state index is 11.0. The summed E-state index contributed by atoms with van der Waals surface area (Å²) in [6.07, 6.45) is 3.62. The summed E-state index contributed by atoms with van der Waals surface area (Å²) in [5.74, 6) is 0.375. The zero-order valence-corrected chi connectivity index (χ0v) is 10.5. The third kappa shape index (κ3) is 2.79. The molecule has 1 saturated carbocycles. The van der Waals surface area contributed by atoms with Crippen molar-refractivity contribution in [2.75, 3.05) is 0 Å². The first-order valence-corrected chi connectivity index (χ1v) is 6.24. The Morgan fingerprint density at radius 3 is 2.61 bits per heavy atom. The number of nitro benzene ring substituents is 1. The third-order valence-electron chi connectivity index (χ3n) is 3.40. The van der Waals surface area contributed by atoms with Crippen molar-refractivity contribution in [3.8, 4) is 5.75 Å². The van der Waals surface area contributed by atoms with E-state index in [4.69, 9.17) is 10.5 Å². The first-order chi connectivity index (χ1) is 8.58. The van der Waals surface area contributed by atoms with Gasteiger partial charge in [0.2, 0.25) is 0 Å². The number of para-hydroxylation sites is 1. The molecule has 5 heteroatoms. The van der Waals surface area contributed by atoms with E-state index in [1.54, 1.807) is 25.1 Å². The van der Waals surface area contributed by atoms with Crippen LogP contribution in [-0.2, 0) is 0 Å². The maximum absolute atomic E-state index is 11.0. The summed E-state index contributed by atoms with van der Waals surface area (Å²) in [5.41, 5.74) is 6.53. The van der Waals surface area contributed by atoms with Gasteiger partial charge in [-0.1, -0.05) is 12.1 Å². The van der Waals surface area contributed by atoms with Crippen molar-refractivity contribution in [1.82, 2.24) is 0 Å². The number of benzene rings is 1. The number of nitrogens with zero attached hydrogens (tertiary/aromatic N) is 1. The number of hydrogen-bond acceptors (Lipinski definition) is 4. The van der Waals surface area contributed by atoms with Crippen LogP contribution in [-0.4, -0.2) is 17.1 Å². The molecule has 98 valence electrons. The van der Waals surface area contributed by atoms with Crippen LogP contribution in [0.4, 0.5) is 5.69 Å². The predicted molar refractivity (Wildman–Crippen MR) is 68.7 cm³/mol. The van der Waals surface area contributed by atoms with Gasteiger partial charge in [0.15, 0.2) is 5.75 Å². The molecule has 0 unspecified atom stereocenters. The monoisotopic (exact) mass is 250 g/mol. The van der Waals surface area contributed by atoms with Crippen LogP contribution in [0, 0.1) is 17.0 Å². The van der Waals surface area contributed by atoms with E-state index in [0.29, 0.717) is 11.3 Å². The summed E-state index contributed by atoms with van der Waals surface area (Å²) in [5, 5.41) is 11.0. The van der Waals surface area contributed by atoms with Crippen LogP contribution in [0.5, 0.6) is 5.75 Å². The Morgan fingerprint density at radius 2 is 2.00 bits per heavy atom. The summed E-state index contributed by atoms with van der Waals surface area (Å²) in [4.78, 5) is 10.7. The Labute approximate surface area is 106 Å². The van der Waals surface area contributed by atoms with Crippen LogP contribution in [0.3, 0.4) is 0 Å². The van der Waals surface area contributed by atoms with E-state index < -0.39 is 0 Å². The summed E-state index contributed by atoms with van der Waals surface area (Å²) >= 11 is 0. The molecule has 1 aliphatic carbocycles. The van der Waals surface area contributed by atoms with Crippen molar-refractivity contribution in [3.05, 3.63) is 33.9 Å². The van der Waals surface area contributed by atoms with E-state index in [2.05, 4.69) is 0 Å². The Morgan fingerprint density at radius 1 is 1.33 bits per heavy atom.